The van der Waals surface area contributed by atoms with Gasteiger partial charge in [0.25, 0.3) is 5.91 Å². The molecule has 1 N–H and O–H groups in total. The maximum Gasteiger partial charge on any atom is 0.259 e. The van der Waals surface area contributed by atoms with Crippen LogP contribution < -0.4 is 10.2 Å². The smallest absolute Gasteiger partial charge is 0.259 e. The summed E-state index contributed by atoms with van der Waals surface area (Å²) in [6, 6.07) is 17.8. The number of hydrogen-bond donors (Lipinski definition) is 1. The average Bonchev–Trinajstić information content (AvgIpc) is 3.15. The number of carbonyl (C=O) groups is 2. The molecule has 0 spiro atoms. The van der Waals surface area contributed by atoms with Crippen LogP contribution in [0.15, 0.2) is 73.2 Å². The van der Waals surface area contributed by atoms with Crippen molar-refractivity contribution in [3.63, 3.8) is 0 Å². The summed E-state index contributed by atoms with van der Waals surface area (Å²) in [7, 11) is 0. The first-order valence-corrected chi connectivity index (χ1v) is 11.4. The zero-order valence-corrected chi connectivity index (χ0v) is 18.4. The van der Waals surface area contributed by atoms with Gasteiger partial charge in [-0.3, -0.25) is 24.5 Å². The molecule has 0 unspecified atom stereocenters. The van der Waals surface area contributed by atoms with Gasteiger partial charge in [0, 0.05) is 61.7 Å². The van der Waals surface area contributed by atoms with Crippen LogP contribution in [0.2, 0.25) is 0 Å². The van der Waals surface area contributed by atoms with E-state index in [1.54, 1.807) is 24.7 Å². The van der Waals surface area contributed by atoms with Crippen LogP contribution in [-0.4, -0.2) is 51.9 Å². The van der Waals surface area contributed by atoms with E-state index in [4.69, 9.17) is 0 Å². The highest BCUT2D eigenvalue weighted by atomic mass is 16.2. The average molecular weight is 442 g/mol. The topological polar surface area (TPSA) is 78.4 Å². The predicted octanol–water partition coefficient (Wildman–Crippen LogP) is 2.83. The quantitative estimate of drug-likeness (QED) is 0.659. The zero-order valence-electron chi connectivity index (χ0n) is 18.4. The number of para-hydroxylation sites is 1. The number of hydrogen-bond acceptors (Lipinski definition) is 5. The van der Waals surface area contributed by atoms with E-state index in [9.17, 15) is 9.59 Å². The Labute approximate surface area is 193 Å². The Kier molecular flexibility index (Phi) is 6.13. The highest BCUT2D eigenvalue weighted by Crippen LogP contribution is 2.35. The molecule has 7 heteroatoms. The summed E-state index contributed by atoms with van der Waals surface area (Å²) in [6.45, 7) is 1.99. The van der Waals surface area contributed by atoms with Crippen LogP contribution in [-0.2, 0) is 17.8 Å². The molecular formula is C26H27N5O2. The van der Waals surface area contributed by atoms with Gasteiger partial charge in [-0.05, 0) is 48.7 Å². The van der Waals surface area contributed by atoms with Gasteiger partial charge in [-0.2, -0.15) is 0 Å². The third-order valence-electron chi connectivity index (χ3n) is 6.56. The first-order valence-electron chi connectivity index (χ1n) is 11.4. The van der Waals surface area contributed by atoms with Gasteiger partial charge >= 0.3 is 0 Å². The molecule has 0 radical (unpaired) electrons. The lowest BCUT2D eigenvalue weighted by molar-refractivity contribution is -0.120. The molecule has 2 aliphatic heterocycles. The van der Waals surface area contributed by atoms with Crippen LogP contribution >= 0.6 is 0 Å². The fourth-order valence-electron chi connectivity index (χ4n) is 4.90. The molecule has 2 aromatic heterocycles. The van der Waals surface area contributed by atoms with Gasteiger partial charge in [0.1, 0.15) is 0 Å². The van der Waals surface area contributed by atoms with E-state index in [-0.39, 0.29) is 30.3 Å². The molecule has 0 aliphatic carbocycles. The van der Waals surface area contributed by atoms with Crippen molar-refractivity contribution >= 4 is 17.5 Å². The molecule has 0 saturated carbocycles. The van der Waals surface area contributed by atoms with Crippen LogP contribution in [0.25, 0.3) is 0 Å². The monoisotopic (exact) mass is 441 g/mol. The van der Waals surface area contributed by atoms with E-state index in [2.05, 4.69) is 26.3 Å². The third kappa shape index (κ3) is 4.64. The molecule has 33 heavy (non-hydrogen) atoms. The minimum atomic E-state index is -0.0236. The number of rotatable bonds is 5. The Bertz CT molecular complexity index is 1120. The highest BCUT2D eigenvalue weighted by Gasteiger charge is 2.39. The standard InChI is InChI=1S/C26H27N5O2/c32-25(14-21-8-3-4-13-28-21)29-16-22-10-11-23-18-31(26(33)19-7-5-12-27-15-19)24-9-2-1-6-20(24)17-30(22)23/h1-9,12-13,15,22-23H,10-11,14,16-18H2,(H,29,32)/t22-,23-/m0/s1. The van der Waals surface area contributed by atoms with E-state index in [0.717, 1.165) is 36.3 Å². The number of carbonyl (C=O) groups excluding carboxylic acids is 2. The molecule has 7 nitrogen and oxygen atoms in total. The Balaban J connectivity index is 1.31. The first kappa shape index (κ1) is 21.3. The molecule has 168 valence electrons. The van der Waals surface area contributed by atoms with Crippen molar-refractivity contribution in [2.45, 2.75) is 37.9 Å². The Morgan fingerprint density at radius 1 is 1.00 bits per heavy atom. The van der Waals surface area contributed by atoms with Crippen molar-refractivity contribution in [1.82, 2.24) is 20.2 Å². The van der Waals surface area contributed by atoms with Crippen molar-refractivity contribution in [2.24, 2.45) is 0 Å². The van der Waals surface area contributed by atoms with Crippen LogP contribution in [0.3, 0.4) is 0 Å². The van der Waals surface area contributed by atoms with E-state index < -0.39 is 0 Å². The second kappa shape index (κ2) is 9.50. The summed E-state index contributed by atoms with van der Waals surface area (Å²) >= 11 is 0. The first-order chi connectivity index (χ1) is 16.2. The van der Waals surface area contributed by atoms with Crippen LogP contribution in [0.1, 0.15) is 34.5 Å². The minimum absolute atomic E-state index is 0.0132. The second-order valence-corrected chi connectivity index (χ2v) is 8.65. The molecule has 2 aliphatic rings. The van der Waals surface area contributed by atoms with Crippen LogP contribution in [0, 0.1) is 0 Å². The fraction of sp³-hybridized carbons (Fsp3) is 0.308. The molecule has 4 heterocycles. The summed E-state index contributed by atoms with van der Waals surface area (Å²) in [5.74, 6) is -0.0368. The lowest BCUT2D eigenvalue weighted by atomic mass is 10.1. The van der Waals surface area contributed by atoms with Crippen molar-refractivity contribution in [1.29, 1.82) is 0 Å². The summed E-state index contributed by atoms with van der Waals surface area (Å²) in [4.78, 5) is 38.6. The maximum atomic E-state index is 13.4. The van der Waals surface area contributed by atoms with Gasteiger partial charge in [-0.25, -0.2) is 0 Å². The van der Waals surface area contributed by atoms with Crippen molar-refractivity contribution in [3.05, 3.63) is 90.0 Å². The van der Waals surface area contributed by atoms with Gasteiger partial charge in [0.05, 0.1) is 12.0 Å². The fourth-order valence-corrected chi connectivity index (χ4v) is 4.90. The Morgan fingerprint density at radius 3 is 2.70 bits per heavy atom. The lowest BCUT2D eigenvalue weighted by Gasteiger charge is -2.29. The summed E-state index contributed by atoms with van der Waals surface area (Å²) < 4.78 is 0. The molecule has 5 rings (SSSR count). The third-order valence-corrected chi connectivity index (χ3v) is 6.56. The number of nitrogens with one attached hydrogen (secondary N) is 1. The molecule has 2 atom stereocenters. The number of nitrogens with zero attached hydrogens (tertiary/aromatic N) is 4. The van der Waals surface area contributed by atoms with Crippen LogP contribution in [0.4, 0.5) is 5.69 Å². The number of pyridine rings is 2. The van der Waals surface area contributed by atoms with Gasteiger partial charge in [0.2, 0.25) is 5.91 Å². The largest absolute Gasteiger partial charge is 0.354 e. The number of anilines is 1. The molecule has 3 aromatic rings. The SMILES string of the molecule is O=C(Cc1ccccn1)NC[C@@H]1CC[C@H]2CN(C(=O)c3cccnc3)c3ccccc3CN12. The van der Waals surface area contributed by atoms with Gasteiger partial charge in [0.15, 0.2) is 0 Å². The highest BCUT2D eigenvalue weighted by molar-refractivity contribution is 6.06. The number of aromatic nitrogens is 2. The predicted molar refractivity (Wildman–Crippen MR) is 126 cm³/mol. The van der Waals surface area contributed by atoms with E-state index in [0.29, 0.717) is 18.7 Å². The lowest BCUT2D eigenvalue weighted by Crippen LogP contribution is -2.46. The van der Waals surface area contributed by atoms with Crippen molar-refractivity contribution in [3.8, 4) is 0 Å². The van der Waals surface area contributed by atoms with Gasteiger partial charge in [-0.15, -0.1) is 0 Å². The summed E-state index contributed by atoms with van der Waals surface area (Å²) in [5.41, 5.74) is 3.45. The molecule has 0 bridgehead atoms. The van der Waals surface area contributed by atoms with Crippen molar-refractivity contribution in [2.75, 3.05) is 18.0 Å². The van der Waals surface area contributed by atoms with E-state index >= 15 is 0 Å². The molecule has 1 fully saturated rings. The second-order valence-electron chi connectivity index (χ2n) is 8.65. The minimum Gasteiger partial charge on any atom is -0.354 e. The number of benzene rings is 1. The number of fused-ring (bicyclic) bond motifs is 2. The molecule has 1 aromatic carbocycles. The zero-order chi connectivity index (χ0) is 22.6. The molecule has 2 amide bonds. The summed E-state index contributed by atoms with van der Waals surface area (Å²) in [6.07, 6.45) is 7.28. The van der Waals surface area contributed by atoms with Crippen molar-refractivity contribution < 1.29 is 9.59 Å². The Hall–Kier alpha value is -3.58. The van der Waals surface area contributed by atoms with Crippen LogP contribution in [0.5, 0.6) is 0 Å². The van der Waals surface area contributed by atoms with Gasteiger partial charge < -0.3 is 10.2 Å². The maximum absolute atomic E-state index is 13.4. The molecular weight excluding hydrogens is 414 g/mol. The van der Waals surface area contributed by atoms with E-state index in [1.165, 1.54) is 0 Å². The normalized spacial score (nSPS) is 19.9. The Morgan fingerprint density at radius 2 is 1.88 bits per heavy atom. The molecule has 1 saturated heterocycles. The van der Waals surface area contributed by atoms with Gasteiger partial charge in [-0.1, -0.05) is 24.3 Å². The number of amides is 2. The van der Waals surface area contributed by atoms with E-state index in [1.807, 2.05) is 47.4 Å². The summed E-state index contributed by atoms with van der Waals surface area (Å²) in [5, 5.41) is 3.10.